The van der Waals surface area contributed by atoms with Crippen molar-refractivity contribution in [3.63, 3.8) is 0 Å². The zero-order valence-electron chi connectivity index (χ0n) is 9.52. The third-order valence-corrected chi connectivity index (χ3v) is 1.87. The molecule has 16 heavy (non-hydrogen) atoms. The predicted octanol–water partition coefficient (Wildman–Crippen LogP) is 0.618. The number of esters is 1. The quantitative estimate of drug-likeness (QED) is 0.703. The maximum atomic E-state index is 11.7. The Labute approximate surface area is 93.1 Å². The van der Waals surface area contributed by atoms with E-state index in [0.29, 0.717) is 12.4 Å². The van der Waals surface area contributed by atoms with E-state index < -0.39 is 5.97 Å². The molecule has 0 bridgehead atoms. The second kappa shape index (κ2) is 5.29. The molecule has 0 aliphatic carbocycles. The van der Waals surface area contributed by atoms with Gasteiger partial charge in [0.25, 0.3) is 5.91 Å². The molecule has 6 nitrogen and oxygen atoms in total. The summed E-state index contributed by atoms with van der Waals surface area (Å²) in [7, 11) is 1.50. The van der Waals surface area contributed by atoms with Crippen LogP contribution < -0.4 is 0 Å². The van der Waals surface area contributed by atoms with E-state index in [1.165, 1.54) is 18.0 Å². The van der Waals surface area contributed by atoms with Crippen LogP contribution in [-0.2, 0) is 9.53 Å². The van der Waals surface area contributed by atoms with Crippen molar-refractivity contribution >= 4 is 11.9 Å². The van der Waals surface area contributed by atoms with Crippen LogP contribution in [0.15, 0.2) is 10.6 Å². The highest BCUT2D eigenvalue weighted by Gasteiger charge is 2.18. The van der Waals surface area contributed by atoms with Crippen molar-refractivity contribution in [2.24, 2.45) is 0 Å². The van der Waals surface area contributed by atoms with E-state index in [4.69, 9.17) is 9.26 Å². The van der Waals surface area contributed by atoms with E-state index >= 15 is 0 Å². The summed E-state index contributed by atoms with van der Waals surface area (Å²) in [5.41, 5.74) is 0.185. The summed E-state index contributed by atoms with van der Waals surface area (Å²) in [5.74, 6) is -0.267. The van der Waals surface area contributed by atoms with E-state index in [2.05, 4.69) is 5.16 Å². The van der Waals surface area contributed by atoms with Crippen molar-refractivity contribution in [3.05, 3.63) is 17.5 Å². The van der Waals surface area contributed by atoms with E-state index in [1.807, 2.05) is 0 Å². The summed E-state index contributed by atoms with van der Waals surface area (Å²) >= 11 is 0. The van der Waals surface area contributed by atoms with Gasteiger partial charge in [-0.1, -0.05) is 5.16 Å². The van der Waals surface area contributed by atoms with Crippen molar-refractivity contribution < 1.29 is 18.8 Å². The number of carbonyl (C=O) groups is 2. The minimum atomic E-state index is -0.446. The maximum absolute atomic E-state index is 11.7. The molecule has 6 heteroatoms. The number of carbonyl (C=O) groups excluding carboxylic acids is 2. The molecule has 0 radical (unpaired) electrons. The van der Waals surface area contributed by atoms with Gasteiger partial charge in [0, 0.05) is 13.1 Å². The summed E-state index contributed by atoms with van der Waals surface area (Å²) in [6, 6.07) is 1.52. The molecular formula is C10H14N2O4. The lowest BCUT2D eigenvalue weighted by molar-refractivity contribution is -0.143. The summed E-state index contributed by atoms with van der Waals surface area (Å²) < 4.78 is 9.50. The van der Waals surface area contributed by atoms with Gasteiger partial charge < -0.3 is 14.2 Å². The Bertz CT molecular complexity index is 386. The third kappa shape index (κ3) is 3.08. The molecule has 0 saturated heterocycles. The lowest BCUT2D eigenvalue weighted by Gasteiger charge is -2.13. The summed E-state index contributed by atoms with van der Waals surface area (Å²) in [4.78, 5) is 24.1. The van der Waals surface area contributed by atoms with Crippen LogP contribution in [0.3, 0.4) is 0 Å². The van der Waals surface area contributed by atoms with Crippen molar-refractivity contribution in [1.82, 2.24) is 10.1 Å². The number of aryl methyl sites for hydroxylation is 1. The number of rotatable bonds is 4. The van der Waals surface area contributed by atoms with Crippen LogP contribution in [0.2, 0.25) is 0 Å². The van der Waals surface area contributed by atoms with Crippen LogP contribution in [0.5, 0.6) is 0 Å². The van der Waals surface area contributed by atoms with Crippen LogP contribution in [0, 0.1) is 6.92 Å². The maximum Gasteiger partial charge on any atom is 0.325 e. The molecule has 0 fully saturated rings. The normalized spacial score (nSPS) is 9.94. The van der Waals surface area contributed by atoms with Gasteiger partial charge in [0.15, 0.2) is 5.69 Å². The first-order chi connectivity index (χ1) is 7.54. The van der Waals surface area contributed by atoms with Crippen molar-refractivity contribution in [2.75, 3.05) is 20.2 Å². The van der Waals surface area contributed by atoms with Crippen LogP contribution in [0.4, 0.5) is 0 Å². The van der Waals surface area contributed by atoms with Gasteiger partial charge in [-0.25, -0.2) is 0 Å². The molecule has 1 aromatic heterocycles. The second-order valence-corrected chi connectivity index (χ2v) is 3.29. The summed E-state index contributed by atoms with van der Waals surface area (Å²) in [6.45, 7) is 3.60. The van der Waals surface area contributed by atoms with Crippen molar-refractivity contribution in [3.8, 4) is 0 Å². The number of aromatic nitrogens is 1. The fourth-order valence-corrected chi connectivity index (χ4v) is 1.13. The first-order valence-electron chi connectivity index (χ1n) is 4.89. The fourth-order valence-electron chi connectivity index (χ4n) is 1.13. The van der Waals surface area contributed by atoms with E-state index in [1.54, 1.807) is 13.8 Å². The van der Waals surface area contributed by atoms with Gasteiger partial charge in [-0.15, -0.1) is 0 Å². The average Bonchev–Trinajstić information content (AvgIpc) is 2.64. The zero-order chi connectivity index (χ0) is 12.1. The van der Waals surface area contributed by atoms with Gasteiger partial charge in [-0.3, -0.25) is 9.59 Å². The lowest BCUT2D eigenvalue weighted by atomic mass is 10.3. The molecule has 0 saturated carbocycles. The molecule has 0 atom stereocenters. The van der Waals surface area contributed by atoms with Gasteiger partial charge >= 0.3 is 5.97 Å². The van der Waals surface area contributed by atoms with Gasteiger partial charge in [0.2, 0.25) is 0 Å². The molecule has 1 aromatic rings. The van der Waals surface area contributed by atoms with Gasteiger partial charge in [0.1, 0.15) is 12.3 Å². The molecule has 1 rings (SSSR count). The largest absolute Gasteiger partial charge is 0.465 e. The monoisotopic (exact) mass is 226 g/mol. The average molecular weight is 226 g/mol. The van der Waals surface area contributed by atoms with Crippen molar-refractivity contribution in [2.45, 2.75) is 13.8 Å². The smallest absolute Gasteiger partial charge is 0.325 e. The highest BCUT2D eigenvalue weighted by molar-refractivity contribution is 5.94. The van der Waals surface area contributed by atoms with Gasteiger partial charge in [-0.05, 0) is 13.8 Å². The number of nitrogens with zero attached hydrogens (tertiary/aromatic N) is 2. The van der Waals surface area contributed by atoms with Crippen molar-refractivity contribution in [1.29, 1.82) is 0 Å². The van der Waals surface area contributed by atoms with E-state index in [-0.39, 0.29) is 18.1 Å². The van der Waals surface area contributed by atoms with E-state index in [0.717, 1.165) is 0 Å². The second-order valence-electron chi connectivity index (χ2n) is 3.29. The topological polar surface area (TPSA) is 72.6 Å². The van der Waals surface area contributed by atoms with Crippen LogP contribution >= 0.6 is 0 Å². The Morgan fingerprint density at radius 1 is 1.56 bits per heavy atom. The molecule has 1 amide bonds. The molecule has 0 N–H and O–H groups in total. The Hall–Kier alpha value is -1.85. The van der Waals surface area contributed by atoms with Crippen LogP contribution in [0.1, 0.15) is 23.2 Å². The molecule has 0 spiro atoms. The SMILES string of the molecule is CCOC(=O)CN(C)C(=O)c1cc(C)on1. The minimum Gasteiger partial charge on any atom is -0.465 e. The highest BCUT2D eigenvalue weighted by atomic mass is 16.5. The van der Waals surface area contributed by atoms with Gasteiger partial charge in [-0.2, -0.15) is 0 Å². The number of hydrogen-bond acceptors (Lipinski definition) is 5. The number of ether oxygens (including phenoxy) is 1. The standard InChI is InChI=1S/C10H14N2O4/c1-4-15-9(13)6-12(3)10(14)8-5-7(2)16-11-8/h5H,4,6H2,1-3H3. The van der Waals surface area contributed by atoms with Crippen LogP contribution in [-0.4, -0.2) is 42.1 Å². The van der Waals surface area contributed by atoms with E-state index in [9.17, 15) is 9.59 Å². The van der Waals surface area contributed by atoms with Crippen LogP contribution in [0.25, 0.3) is 0 Å². The summed E-state index contributed by atoms with van der Waals surface area (Å²) in [6.07, 6.45) is 0. The molecule has 1 heterocycles. The number of amides is 1. The number of hydrogen-bond donors (Lipinski definition) is 0. The minimum absolute atomic E-state index is 0.0986. The summed E-state index contributed by atoms with van der Waals surface area (Å²) in [5, 5.41) is 3.57. The Balaban J connectivity index is 2.57. The zero-order valence-corrected chi connectivity index (χ0v) is 9.52. The number of likely N-dealkylation sites (N-methyl/N-ethyl adjacent to an activating group) is 1. The predicted molar refractivity (Wildman–Crippen MR) is 54.8 cm³/mol. The first-order valence-corrected chi connectivity index (χ1v) is 4.89. The Morgan fingerprint density at radius 3 is 2.75 bits per heavy atom. The molecule has 0 aliphatic heterocycles. The molecule has 88 valence electrons. The molecule has 0 aromatic carbocycles. The molecular weight excluding hydrogens is 212 g/mol. The third-order valence-electron chi connectivity index (χ3n) is 1.87. The Morgan fingerprint density at radius 2 is 2.25 bits per heavy atom. The first kappa shape index (κ1) is 12.2. The molecule has 0 unspecified atom stereocenters. The molecule has 0 aliphatic rings. The highest BCUT2D eigenvalue weighted by Crippen LogP contribution is 2.04. The fraction of sp³-hybridized carbons (Fsp3) is 0.500. The Kier molecular flexibility index (Phi) is 4.04. The lowest BCUT2D eigenvalue weighted by Crippen LogP contribution is -2.33. The van der Waals surface area contributed by atoms with Gasteiger partial charge in [0.05, 0.1) is 6.61 Å².